The highest BCUT2D eigenvalue weighted by atomic mass is 19.1. The molecule has 0 saturated heterocycles. The standard InChI is InChI=1S/C15H17FN2O2/c1-10(17)13-8-11(16)6-7-14(13)20-9-12-4-3-5-15(18-12)19-2/h3-8,10H,9,17H2,1-2H3/t10-/m1/s1. The van der Waals surface area contributed by atoms with Gasteiger partial charge in [0.2, 0.25) is 5.88 Å². The number of halogens is 1. The lowest BCUT2D eigenvalue weighted by atomic mass is 10.1. The van der Waals surface area contributed by atoms with Crippen molar-refractivity contribution in [3.63, 3.8) is 0 Å². The Balaban J connectivity index is 2.14. The average molecular weight is 276 g/mol. The van der Waals surface area contributed by atoms with E-state index < -0.39 is 0 Å². The van der Waals surface area contributed by atoms with Crippen molar-refractivity contribution in [2.45, 2.75) is 19.6 Å². The number of nitrogens with zero attached hydrogens (tertiary/aromatic N) is 1. The van der Waals surface area contributed by atoms with E-state index in [9.17, 15) is 4.39 Å². The molecule has 1 atom stereocenters. The Hall–Kier alpha value is -2.14. The molecule has 0 unspecified atom stereocenters. The molecule has 0 bridgehead atoms. The van der Waals surface area contributed by atoms with Gasteiger partial charge in [-0.1, -0.05) is 6.07 Å². The van der Waals surface area contributed by atoms with Gasteiger partial charge in [-0.2, -0.15) is 0 Å². The molecular formula is C15H17FN2O2. The van der Waals surface area contributed by atoms with Crippen LogP contribution in [0.15, 0.2) is 36.4 Å². The molecule has 0 spiro atoms. The molecule has 1 heterocycles. The second-order valence-electron chi connectivity index (χ2n) is 4.43. The van der Waals surface area contributed by atoms with Crippen LogP contribution in [0.4, 0.5) is 4.39 Å². The minimum absolute atomic E-state index is 0.266. The van der Waals surface area contributed by atoms with E-state index in [1.165, 1.54) is 12.1 Å². The van der Waals surface area contributed by atoms with Gasteiger partial charge in [-0.25, -0.2) is 9.37 Å². The first-order valence-electron chi connectivity index (χ1n) is 6.28. The predicted octanol–water partition coefficient (Wildman–Crippen LogP) is 2.83. The van der Waals surface area contributed by atoms with Crippen LogP contribution in [0.3, 0.4) is 0 Å². The molecule has 0 saturated carbocycles. The first-order chi connectivity index (χ1) is 9.60. The van der Waals surface area contributed by atoms with Crippen molar-refractivity contribution in [2.24, 2.45) is 5.73 Å². The molecule has 2 rings (SSSR count). The fraction of sp³-hybridized carbons (Fsp3) is 0.267. The lowest BCUT2D eigenvalue weighted by Crippen LogP contribution is -2.09. The third-order valence-electron chi connectivity index (χ3n) is 2.83. The molecule has 4 nitrogen and oxygen atoms in total. The van der Waals surface area contributed by atoms with E-state index in [0.29, 0.717) is 17.2 Å². The number of pyridine rings is 1. The molecule has 106 valence electrons. The Morgan fingerprint density at radius 3 is 2.80 bits per heavy atom. The van der Waals surface area contributed by atoms with E-state index in [2.05, 4.69) is 4.98 Å². The Labute approximate surface area is 117 Å². The highest BCUT2D eigenvalue weighted by molar-refractivity contribution is 5.36. The van der Waals surface area contributed by atoms with Gasteiger partial charge in [0.1, 0.15) is 18.2 Å². The molecule has 0 amide bonds. The van der Waals surface area contributed by atoms with Gasteiger partial charge in [0.15, 0.2) is 0 Å². The Morgan fingerprint density at radius 2 is 2.10 bits per heavy atom. The van der Waals surface area contributed by atoms with E-state index in [4.69, 9.17) is 15.2 Å². The van der Waals surface area contributed by atoms with Crippen LogP contribution in [-0.2, 0) is 6.61 Å². The molecule has 5 heteroatoms. The predicted molar refractivity (Wildman–Crippen MR) is 74.1 cm³/mol. The van der Waals surface area contributed by atoms with Crippen molar-refractivity contribution in [3.8, 4) is 11.6 Å². The summed E-state index contributed by atoms with van der Waals surface area (Å²) in [6.07, 6.45) is 0. The lowest BCUT2D eigenvalue weighted by Gasteiger charge is -2.14. The molecular weight excluding hydrogens is 259 g/mol. The second-order valence-corrected chi connectivity index (χ2v) is 4.43. The van der Waals surface area contributed by atoms with Crippen LogP contribution in [0.25, 0.3) is 0 Å². The number of aromatic nitrogens is 1. The summed E-state index contributed by atoms with van der Waals surface area (Å²) in [5.41, 5.74) is 7.17. The van der Waals surface area contributed by atoms with Crippen LogP contribution in [0.1, 0.15) is 24.2 Å². The maximum absolute atomic E-state index is 13.2. The molecule has 20 heavy (non-hydrogen) atoms. The summed E-state index contributed by atoms with van der Waals surface area (Å²) in [6, 6.07) is 9.43. The SMILES string of the molecule is COc1cccc(COc2ccc(F)cc2[C@@H](C)N)n1. The lowest BCUT2D eigenvalue weighted by molar-refractivity contribution is 0.293. The van der Waals surface area contributed by atoms with E-state index in [1.54, 1.807) is 26.2 Å². The first-order valence-corrected chi connectivity index (χ1v) is 6.28. The van der Waals surface area contributed by atoms with Crippen LogP contribution in [-0.4, -0.2) is 12.1 Å². The van der Waals surface area contributed by atoms with Crippen molar-refractivity contribution in [3.05, 3.63) is 53.5 Å². The zero-order chi connectivity index (χ0) is 14.5. The molecule has 0 aliphatic carbocycles. The van der Waals surface area contributed by atoms with Crippen LogP contribution in [0, 0.1) is 5.82 Å². The Kier molecular flexibility index (Phi) is 4.53. The zero-order valence-electron chi connectivity index (χ0n) is 11.5. The Morgan fingerprint density at radius 1 is 1.30 bits per heavy atom. The summed E-state index contributed by atoms with van der Waals surface area (Å²) in [4.78, 5) is 4.25. The van der Waals surface area contributed by atoms with Crippen molar-refractivity contribution in [1.82, 2.24) is 4.98 Å². The van der Waals surface area contributed by atoms with E-state index in [1.807, 2.05) is 12.1 Å². The zero-order valence-corrected chi connectivity index (χ0v) is 11.5. The van der Waals surface area contributed by atoms with Crippen LogP contribution >= 0.6 is 0 Å². The fourth-order valence-electron chi connectivity index (χ4n) is 1.81. The number of hydrogen-bond donors (Lipinski definition) is 1. The summed E-state index contributed by atoms with van der Waals surface area (Å²) < 4.78 is 24.0. The van der Waals surface area contributed by atoms with Crippen LogP contribution in [0.2, 0.25) is 0 Å². The highest BCUT2D eigenvalue weighted by Crippen LogP contribution is 2.25. The number of hydrogen-bond acceptors (Lipinski definition) is 4. The maximum Gasteiger partial charge on any atom is 0.213 e. The van der Waals surface area contributed by atoms with Crippen molar-refractivity contribution >= 4 is 0 Å². The van der Waals surface area contributed by atoms with Gasteiger partial charge in [0.25, 0.3) is 0 Å². The summed E-state index contributed by atoms with van der Waals surface area (Å²) >= 11 is 0. The third-order valence-corrected chi connectivity index (χ3v) is 2.83. The molecule has 1 aromatic heterocycles. The summed E-state index contributed by atoms with van der Waals surface area (Å²) in [5.74, 6) is 0.757. The number of ether oxygens (including phenoxy) is 2. The van der Waals surface area contributed by atoms with Crippen molar-refractivity contribution in [1.29, 1.82) is 0 Å². The quantitative estimate of drug-likeness (QED) is 0.912. The Bertz CT molecular complexity index is 588. The minimum atomic E-state index is -0.329. The van der Waals surface area contributed by atoms with Gasteiger partial charge < -0.3 is 15.2 Å². The molecule has 0 aliphatic rings. The monoisotopic (exact) mass is 276 g/mol. The number of methoxy groups -OCH3 is 1. The highest BCUT2D eigenvalue weighted by Gasteiger charge is 2.10. The first kappa shape index (κ1) is 14.3. The van der Waals surface area contributed by atoms with Crippen molar-refractivity contribution < 1.29 is 13.9 Å². The molecule has 0 fully saturated rings. The molecule has 1 aromatic carbocycles. The van der Waals surface area contributed by atoms with Gasteiger partial charge in [-0.05, 0) is 31.2 Å². The molecule has 2 aromatic rings. The molecule has 0 radical (unpaired) electrons. The fourth-order valence-corrected chi connectivity index (χ4v) is 1.81. The van der Waals surface area contributed by atoms with Gasteiger partial charge >= 0.3 is 0 Å². The molecule has 2 N–H and O–H groups in total. The van der Waals surface area contributed by atoms with Crippen molar-refractivity contribution in [2.75, 3.05) is 7.11 Å². The number of rotatable bonds is 5. The van der Waals surface area contributed by atoms with E-state index in [0.717, 1.165) is 5.69 Å². The smallest absolute Gasteiger partial charge is 0.213 e. The van der Waals surface area contributed by atoms with Crippen LogP contribution < -0.4 is 15.2 Å². The van der Waals surface area contributed by atoms with Crippen LogP contribution in [0.5, 0.6) is 11.6 Å². The largest absolute Gasteiger partial charge is 0.487 e. The molecule has 0 aliphatic heterocycles. The minimum Gasteiger partial charge on any atom is -0.487 e. The van der Waals surface area contributed by atoms with Gasteiger partial charge in [0, 0.05) is 17.7 Å². The average Bonchev–Trinajstić information content (AvgIpc) is 2.46. The maximum atomic E-state index is 13.2. The van der Waals surface area contributed by atoms with Gasteiger partial charge in [-0.15, -0.1) is 0 Å². The van der Waals surface area contributed by atoms with E-state index in [-0.39, 0.29) is 18.5 Å². The van der Waals surface area contributed by atoms with E-state index >= 15 is 0 Å². The van der Waals surface area contributed by atoms with Gasteiger partial charge in [0.05, 0.1) is 12.8 Å². The summed E-state index contributed by atoms with van der Waals surface area (Å²) in [5, 5.41) is 0. The van der Waals surface area contributed by atoms with Gasteiger partial charge in [-0.3, -0.25) is 0 Å². The second kappa shape index (κ2) is 6.34. The number of nitrogens with two attached hydrogens (primary N) is 1. The summed E-state index contributed by atoms with van der Waals surface area (Å²) in [7, 11) is 1.56. The topological polar surface area (TPSA) is 57.4 Å². The number of benzene rings is 1. The third kappa shape index (κ3) is 3.45. The normalized spacial score (nSPS) is 12.0. The summed E-state index contributed by atoms with van der Waals surface area (Å²) in [6.45, 7) is 2.05.